The summed E-state index contributed by atoms with van der Waals surface area (Å²) < 4.78 is 5.28. The Balaban J connectivity index is 2.19. The lowest BCUT2D eigenvalue weighted by Gasteiger charge is -2.23. The highest BCUT2D eigenvalue weighted by Crippen LogP contribution is 2.25. The van der Waals surface area contributed by atoms with Gasteiger partial charge in [0.25, 0.3) is 0 Å². The third kappa shape index (κ3) is 4.08. The molecule has 0 aliphatic rings. The van der Waals surface area contributed by atoms with Crippen LogP contribution in [0, 0.1) is 0 Å². The molecule has 0 bridgehead atoms. The molecule has 0 saturated heterocycles. The van der Waals surface area contributed by atoms with Crippen molar-refractivity contribution in [2.75, 3.05) is 6.54 Å². The number of aromatic amines is 1. The summed E-state index contributed by atoms with van der Waals surface area (Å²) in [6.07, 6.45) is 1.18. The topological polar surface area (TPSA) is 93.0 Å². The maximum absolute atomic E-state index is 12.0. The number of aromatic nitrogens is 2. The number of nitrogens with two attached hydrogens (primary N) is 1. The summed E-state index contributed by atoms with van der Waals surface area (Å²) in [5, 5.41) is 9.83. The van der Waals surface area contributed by atoms with Gasteiger partial charge in [0.15, 0.2) is 0 Å². The second kappa shape index (κ2) is 6.62. The number of nitrogens with one attached hydrogen (secondary N) is 2. The Morgan fingerprint density at radius 2 is 2.05 bits per heavy atom. The van der Waals surface area contributed by atoms with Crippen LogP contribution in [0.5, 0.6) is 0 Å². The molecule has 1 aromatic heterocycles. The number of hydrogen-bond acceptors (Lipinski definition) is 4. The van der Waals surface area contributed by atoms with Crippen LogP contribution in [0.2, 0.25) is 0 Å². The van der Waals surface area contributed by atoms with Crippen molar-refractivity contribution in [3.05, 3.63) is 42.1 Å². The van der Waals surface area contributed by atoms with Gasteiger partial charge in [0.2, 0.25) is 0 Å². The van der Waals surface area contributed by atoms with Crippen LogP contribution in [0.25, 0.3) is 11.3 Å². The largest absolute Gasteiger partial charge is 0.444 e. The molecule has 1 atom stereocenters. The lowest BCUT2D eigenvalue weighted by atomic mass is 10.0. The molecule has 1 amide bonds. The molecule has 0 fully saturated rings. The first-order valence-corrected chi connectivity index (χ1v) is 7.19. The second-order valence-corrected chi connectivity index (χ2v) is 6.00. The monoisotopic (exact) mass is 302 g/mol. The first-order valence-electron chi connectivity index (χ1n) is 7.19. The predicted molar refractivity (Wildman–Crippen MR) is 85.2 cm³/mol. The molecule has 1 heterocycles. The fraction of sp³-hybridized carbons (Fsp3) is 0.375. The standard InChI is InChI=1S/C16H22N4O2/c1-16(2,3)22-15(21)19-13(9-17)12-10-18-20-14(12)11-7-5-4-6-8-11/h4-8,10,13H,9,17H2,1-3H3,(H,18,20)(H,19,21). The average Bonchev–Trinajstić information content (AvgIpc) is 2.93. The Morgan fingerprint density at radius 3 is 2.64 bits per heavy atom. The molecule has 2 rings (SSSR count). The van der Waals surface area contributed by atoms with Gasteiger partial charge in [-0.2, -0.15) is 5.10 Å². The number of hydrogen-bond donors (Lipinski definition) is 3. The van der Waals surface area contributed by atoms with E-state index in [1.165, 1.54) is 0 Å². The smallest absolute Gasteiger partial charge is 0.408 e. The van der Waals surface area contributed by atoms with Gasteiger partial charge in [-0.1, -0.05) is 30.3 Å². The van der Waals surface area contributed by atoms with Gasteiger partial charge in [-0.05, 0) is 26.3 Å². The van der Waals surface area contributed by atoms with Crippen LogP contribution in [0.1, 0.15) is 32.4 Å². The van der Waals surface area contributed by atoms with Crippen molar-refractivity contribution < 1.29 is 9.53 Å². The van der Waals surface area contributed by atoms with Crippen LogP contribution in [0.3, 0.4) is 0 Å². The minimum absolute atomic E-state index is 0.249. The van der Waals surface area contributed by atoms with E-state index in [0.29, 0.717) is 0 Å². The number of carbonyl (C=O) groups excluding carboxylic acids is 1. The SMILES string of the molecule is CC(C)(C)OC(=O)NC(CN)c1cn[nH]c1-c1ccccc1. The quantitative estimate of drug-likeness (QED) is 0.809. The highest BCUT2D eigenvalue weighted by molar-refractivity contribution is 5.70. The Bertz CT molecular complexity index is 617. The Morgan fingerprint density at radius 1 is 1.36 bits per heavy atom. The average molecular weight is 302 g/mol. The van der Waals surface area contributed by atoms with Gasteiger partial charge in [-0.15, -0.1) is 0 Å². The van der Waals surface area contributed by atoms with Gasteiger partial charge in [-0.3, -0.25) is 5.10 Å². The van der Waals surface area contributed by atoms with Crippen LogP contribution in [-0.2, 0) is 4.74 Å². The van der Waals surface area contributed by atoms with E-state index in [0.717, 1.165) is 16.8 Å². The molecule has 0 radical (unpaired) electrons. The molecule has 6 heteroatoms. The van der Waals surface area contributed by atoms with Gasteiger partial charge < -0.3 is 15.8 Å². The Hall–Kier alpha value is -2.34. The van der Waals surface area contributed by atoms with E-state index in [9.17, 15) is 4.79 Å². The highest BCUT2D eigenvalue weighted by atomic mass is 16.6. The number of ether oxygens (including phenoxy) is 1. The van der Waals surface area contributed by atoms with Crippen LogP contribution in [0.15, 0.2) is 36.5 Å². The minimum atomic E-state index is -0.554. The van der Waals surface area contributed by atoms with Gasteiger partial charge in [0.1, 0.15) is 5.60 Å². The summed E-state index contributed by atoms with van der Waals surface area (Å²) >= 11 is 0. The molecule has 4 N–H and O–H groups in total. The molecule has 118 valence electrons. The van der Waals surface area contributed by atoms with Crippen molar-refractivity contribution in [3.63, 3.8) is 0 Å². The molecular formula is C16H22N4O2. The summed E-state index contributed by atoms with van der Waals surface area (Å²) in [5.41, 5.74) is 7.92. The molecule has 6 nitrogen and oxygen atoms in total. The fourth-order valence-corrected chi connectivity index (χ4v) is 2.11. The lowest BCUT2D eigenvalue weighted by Crippen LogP contribution is -2.37. The van der Waals surface area contributed by atoms with E-state index >= 15 is 0 Å². The molecule has 0 aliphatic carbocycles. The second-order valence-electron chi connectivity index (χ2n) is 6.00. The third-order valence-electron chi connectivity index (χ3n) is 3.03. The fourth-order valence-electron chi connectivity index (χ4n) is 2.11. The predicted octanol–water partition coefficient (Wildman–Crippen LogP) is 2.60. The summed E-state index contributed by atoms with van der Waals surface area (Å²) in [6, 6.07) is 9.40. The summed E-state index contributed by atoms with van der Waals surface area (Å²) in [4.78, 5) is 12.0. The molecule has 1 unspecified atom stereocenters. The summed E-state index contributed by atoms with van der Waals surface area (Å²) in [6.45, 7) is 5.70. The van der Waals surface area contributed by atoms with E-state index in [1.54, 1.807) is 6.20 Å². The number of amides is 1. The van der Waals surface area contributed by atoms with E-state index < -0.39 is 11.7 Å². The normalized spacial score (nSPS) is 12.7. The maximum atomic E-state index is 12.0. The molecule has 2 aromatic rings. The zero-order valence-corrected chi connectivity index (χ0v) is 13.1. The number of rotatable bonds is 4. The van der Waals surface area contributed by atoms with Gasteiger partial charge >= 0.3 is 6.09 Å². The zero-order chi connectivity index (χ0) is 16.2. The van der Waals surface area contributed by atoms with Gasteiger partial charge in [-0.25, -0.2) is 4.79 Å². The van der Waals surface area contributed by atoms with Crippen molar-refractivity contribution in [1.82, 2.24) is 15.5 Å². The minimum Gasteiger partial charge on any atom is -0.444 e. The van der Waals surface area contributed by atoms with Gasteiger partial charge in [0, 0.05) is 12.1 Å². The first kappa shape index (κ1) is 16.0. The Kier molecular flexibility index (Phi) is 4.82. The van der Waals surface area contributed by atoms with E-state index in [4.69, 9.17) is 10.5 Å². The summed E-state index contributed by atoms with van der Waals surface area (Å²) in [7, 11) is 0. The van der Waals surface area contributed by atoms with Crippen molar-refractivity contribution in [1.29, 1.82) is 0 Å². The third-order valence-corrected chi connectivity index (χ3v) is 3.03. The highest BCUT2D eigenvalue weighted by Gasteiger charge is 2.22. The van der Waals surface area contributed by atoms with E-state index in [-0.39, 0.29) is 12.6 Å². The number of H-pyrrole nitrogens is 1. The van der Waals surface area contributed by atoms with Crippen LogP contribution >= 0.6 is 0 Å². The number of nitrogens with zero attached hydrogens (tertiary/aromatic N) is 1. The van der Waals surface area contributed by atoms with E-state index in [2.05, 4.69) is 15.5 Å². The molecule has 0 saturated carbocycles. The zero-order valence-electron chi connectivity index (χ0n) is 13.1. The molecule has 0 spiro atoms. The Labute approximate surface area is 130 Å². The van der Waals surface area contributed by atoms with E-state index in [1.807, 2.05) is 51.1 Å². The molecule has 0 aliphatic heterocycles. The van der Waals surface area contributed by atoms with Crippen molar-refractivity contribution >= 4 is 6.09 Å². The number of benzene rings is 1. The van der Waals surface area contributed by atoms with Crippen molar-refractivity contribution in [2.45, 2.75) is 32.4 Å². The number of carbonyl (C=O) groups is 1. The lowest BCUT2D eigenvalue weighted by molar-refractivity contribution is 0.0505. The molecular weight excluding hydrogens is 280 g/mol. The van der Waals surface area contributed by atoms with Crippen LogP contribution < -0.4 is 11.1 Å². The molecule has 22 heavy (non-hydrogen) atoms. The summed E-state index contributed by atoms with van der Waals surface area (Å²) in [5.74, 6) is 0. The van der Waals surface area contributed by atoms with Crippen LogP contribution in [-0.4, -0.2) is 28.4 Å². The maximum Gasteiger partial charge on any atom is 0.408 e. The first-order chi connectivity index (χ1) is 10.4. The van der Waals surface area contributed by atoms with Crippen molar-refractivity contribution in [2.24, 2.45) is 5.73 Å². The number of alkyl carbamates (subject to hydrolysis) is 1. The van der Waals surface area contributed by atoms with Crippen molar-refractivity contribution in [3.8, 4) is 11.3 Å². The van der Waals surface area contributed by atoms with Gasteiger partial charge in [0.05, 0.1) is 17.9 Å². The molecule has 1 aromatic carbocycles. The van der Waals surface area contributed by atoms with Crippen LogP contribution in [0.4, 0.5) is 4.79 Å².